The number of nitrogens with zero attached hydrogens (tertiary/aromatic N) is 1. The molecule has 0 spiro atoms. The lowest BCUT2D eigenvalue weighted by Gasteiger charge is -1.72. The van der Waals surface area contributed by atoms with Crippen LogP contribution in [0, 0.1) is 6.92 Å². The van der Waals surface area contributed by atoms with Crippen LogP contribution in [0.3, 0.4) is 0 Å². The van der Waals surface area contributed by atoms with Crippen molar-refractivity contribution in [2.24, 2.45) is 4.99 Å². The Kier molecular flexibility index (Phi) is 1.50. The first-order valence-corrected chi connectivity index (χ1v) is 1.25. The van der Waals surface area contributed by atoms with Gasteiger partial charge < -0.3 is 0 Å². The van der Waals surface area contributed by atoms with Crippen molar-refractivity contribution in [3.05, 3.63) is 19.2 Å². The van der Waals surface area contributed by atoms with Gasteiger partial charge in [-0.2, -0.15) is 0 Å². The lowest BCUT2D eigenvalue weighted by molar-refractivity contribution is 1.47. The summed E-state index contributed by atoms with van der Waals surface area (Å²) >= 11 is 0. The van der Waals surface area contributed by atoms with Gasteiger partial charge in [-0.15, -0.1) is 0 Å². The first-order chi connectivity index (χ1) is 2.27. The highest BCUT2D eigenvalue weighted by Crippen LogP contribution is 1.79. The molecule has 0 aromatic rings. The van der Waals surface area contributed by atoms with Crippen molar-refractivity contribution in [2.45, 2.75) is 0 Å². The number of hydrogen-bond donors (Lipinski definition) is 0. The van der Waals surface area contributed by atoms with E-state index in [4.69, 9.17) is 0 Å². The minimum Gasteiger partial charge on any atom is -0.270 e. The normalized spacial score (nSPS) is 6.60. The summed E-state index contributed by atoms with van der Waals surface area (Å²) in [4.78, 5) is 3.33. The fraction of sp³-hybridized carbons (Fsp3) is 0. The molecule has 0 aliphatic heterocycles. The second-order valence-electron chi connectivity index (χ2n) is 0.724. The van der Waals surface area contributed by atoms with Crippen molar-refractivity contribution in [1.82, 2.24) is 0 Å². The zero-order valence-electron chi connectivity index (χ0n) is 3.07. The summed E-state index contributed by atoms with van der Waals surface area (Å²) in [7, 11) is 0. The van der Waals surface area contributed by atoms with E-state index < -0.39 is 0 Å². The number of hydrogen-bond acceptors (Lipinski definition) is 1. The Morgan fingerprint density at radius 3 is 1.80 bits per heavy atom. The SMILES string of the molecule is [CH2]C(=C)N=C. The summed E-state index contributed by atoms with van der Waals surface area (Å²) in [5.41, 5.74) is 0.519. The topological polar surface area (TPSA) is 12.4 Å². The fourth-order valence-corrected chi connectivity index (χ4v) is 0. The Bertz CT molecular complexity index is 54.7. The highest BCUT2D eigenvalue weighted by atomic mass is 14.7. The molecule has 0 aromatic heterocycles. The highest BCUT2D eigenvalue weighted by Gasteiger charge is 1.60. The molecule has 1 nitrogen and oxygen atoms in total. The van der Waals surface area contributed by atoms with E-state index in [-0.39, 0.29) is 0 Å². The van der Waals surface area contributed by atoms with Crippen LogP contribution >= 0.6 is 0 Å². The van der Waals surface area contributed by atoms with E-state index in [1.165, 1.54) is 0 Å². The predicted molar refractivity (Wildman–Crippen MR) is 24.0 cm³/mol. The smallest absolute Gasteiger partial charge is 0.0328 e. The Labute approximate surface area is 32.0 Å². The summed E-state index contributed by atoms with van der Waals surface area (Å²) in [6, 6.07) is 0. The Morgan fingerprint density at radius 2 is 1.80 bits per heavy atom. The van der Waals surface area contributed by atoms with Gasteiger partial charge in [0, 0.05) is 5.70 Å². The van der Waals surface area contributed by atoms with Gasteiger partial charge in [0.2, 0.25) is 0 Å². The van der Waals surface area contributed by atoms with Gasteiger partial charge in [-0.25, -0.2) is 0 Å². The zero-order chi connectivity index (χ0) is 4.28. The van der Waals surface area contributed by atoms with Gasteiger partial charge in [0.1, 0.15) is 0 Å². The minimum absolute atomic E-state index is 0.519. The molecule has 0 atom stereocenters. The fourth-order valence-electron chi connectivity index (χ4n) is 0. The monoisotopic (exact) mass is 68.1 g/mol. The predicted octanol–water partition coefficient (Wildman–Crippen LogP) is 1.03. The van der Waals surface area contributed by atoms with E-state index in [1.54, 1.807) is 0 Å². The average molecular weight is 68.1 g/mol. The molecule has 0 aromatic carbocycles. The van der Waals surface area contributed by atoms with Crippen LogP contribution in [0.2, 0.25) is 0 Å². The maximum Gasteiger partial charge on any atom is 0.0328 e. The molecule has 0 rings (SSSR count). The molecular formula is C4H6N. The van der Waals surface area contributed by atoms with E-state index in [1.807, 2.05) is 0 Å². The maximum atomic E-state index is 3.33. The van der Waals surface area contributed by atoms with Crippen LogP contribution in [0.4, 0.5) is 0 Å². The zero-order valence-corrected chi connectivity index (χ0v) is 3.07. The average Bonchev–Trinajstić information content (AvgIpc) is 1.38. The van der Waals surface area contributed by atoms with Crippen molar-refractivity contribution < 1.29 is 0 Å². The molecule has 0 saturated carbocycles. The molecular weight excluding hydrogens is 62.1 g/mol. The summed E-state index contributed by atoms with van der Waals surface area (Å²) in [6.45, 7) is 9.81. The lowest BCUT2D eigenvalue weighted by atomic mass is 10.6. The molecule has 0 aliphatic carbocycles. The largest absolute Gasteiger partial charge is 0.270 e. The van der Waals surface area contributed by atoms with Crippen LogP contribution < -0.4 is 0 Å². The van der Waals surface area contributed by atoms with Crippen LogP contribution in [0.1, 0.15) is 0 Å². The molecule has 27 valence electrons. The van der Waals surface area contributed by atoms with Gasteiger partial charge in [-0.3, -0.25) is 4.99 Å². The first-order valence-electron chi connectivity index (χ1n) is 1.25. The summed E-state index contributed by atoms with van der Waals surface area (Å²) in [6.07, 6.45) is 0. The van der Waals surface area contributed by atoms with E-state index in [2.05, 4.69) is 25.2 Å². The second-order valence-corrected chi connectivity index (χ2v) is 0.724. The molecule has 0 saturated heterocycles. The Balaban J connectivity index is 3.20. The molecule has 0 unspecified atom stereocenters. The summed E-state index contributed by atoms with van der Waals surface area (Å²) in [5.74, 6) is 0. The van der Waals surface area contributed by atoms with Crippen LogP contribution in [0.25, 0.3) is 0 Å². The van der Waals surface area contributed by atoms with Crippen molar-refractivity contribution in [3.63, 3.8) is 0 Å². The van der Waals surface area contributed by atoms with Crippen molar-refractivity contribution in [2.75, 3.05) is 0 Å². The molecule has 0 heterocycles. The third kappa shape index (κ3) is 3.41. The molecule has 0 amide bonds. The van der Waals surface area contributed by atoms with Gasteiger partial charge in [0.15, 0.2) is 0 Å². The summed E-state index contributed by atoms with van der Waals surface area (Å²) < 4.78 is 0. The Morgan fingerprint density at radius 1 is 1.60 bits per heavy atom. The van der Waals surface area contributed by atoms with Crippen LogP contribution in [-0.4, -0.2) is 6.72 Å². The van der Waals surface area contributed by atoms with E-state index >= 15 is 0 Å². The Hall–Kier alpha value is -0.590. The van der Waals surface area contributed by atoms with Crippen molar-refractivity contribution in [3.8, 4) is 0 Å². The summed E-state index contributed by atoms with van der Waals surface area (Å²) in [5, 5.41) is 0. The molecule has 0 N–H and O–H groups in total. The number of allylic oxidation sites excluding steroid dienone is 1. The van der Waals surface area contributed by atoms with Gasteiger partial charge in [0.05, 0.1) is 0 Å². The lowest BCUT2D eigenvalue weighted by Crippen LogP contribution is -1.53. The van der Waals surface area contributed by atoms with Crippen LogP contribution in [-0.2, 0) is 0 Å². The van der Waals surface area contributed by atoms with Gasteiger partial charge in [-0.1, -0.05) is 6.58 Å². The van der Waals surface area contributed by atoms with Gasteiger partial charge in [0.25, 0.3) is 0 Å². The maximum absolute atomic E-state index is 3.33. The third-order valence-corrected chi connectivity index (χ3v) is 0.224. The second kappa shape index (κ2) is 1.70. The molecule has 1 heteroatoms. The first kappa shape index (κ1) is 4.41. The minimum atomic E-state index is 0.519. The van der Waals surface area contributed by atoms with Crippen LogP contribution in [0.5, 0.6) is 0 Å². The standard InChI is InChI=1S/C4H6N/c1-4(2)5-3/h1-3H2. The quantitative estimate of drug-likeness (QED) is 0.407. The van der Waals surface area contributed by atoms with E-state index in [0.29, 0.717) is 5.70 Å². The van der Waals surface area contributed by atoms with Crippen molar-refractivity contribution in [1.29, 1.82) is 0 Å². The molecule has 5 heavy (non-hydrogen) atoms. The highest BCUT2D eigenvalue weighted by molar-refractivity contribution is 5.28. The third-order valence-electron chi connectivity index (χ3n) is 0.224. The molecule has 0 fully saturated rings. The molecule has 1 radical (unpaired) electrons. The number of aliphatic imine (C=N–C) groups is 1. The van der Waals surface area contributed by atoms with Gasteiger partial charge in [-0.05, 0) is 13.6 Å². The van der Waals surface area contributed by atoms with Crippen molar-refractivity contribution >= 4 is 6.72 Å². The van der Waals surface area contributed by atoms with E-state index in [9.17, 15) is 0 Å². The molecule has 0 aliphatic rings. The van der Waals surface area contributed by atoms with Gasteiger partial charge >= 0.3 is 0 Å². The number of rotatable bonds is 1. The van der Waals surface area contributed by atoms with Crippen LogP contribution in [0.15, 0.2) is 17.3 Å². The molecule has 0 bridgehead atoms. The van der Waals surface area contributed by atoms with E-state index in [0.717, 1.165) is 0 Å².